The van der Waals surface area contributed by atoms with Gasteiger partial charge in [0.15, 0.2) is 4.96 Å². The zero-order valence-electron chi connectivity index (χ0n) is 12.3. The van der Waals surface area contributed by atoms with Crippen LogP contribution < -0.4 is 10.9 Å². The molecule has 0 aliphatic carbocycles. The highest BCUT2D eigenvalue weighted by atomic mass is 32.2. The summed E-state index contributed by atoms with van der Waals surface area (Å²) in [6.45, 7) is 1.85. The molecule has 22 heavy (non-hydrogen) atoms. The fourth-order valence-electron chi connectivity index (χ4n) is 2.48. The Morgan fingerprint density at radius 2 is 2.50 bits per heavy atom. The number of carbonyl (C=O) groups excluding carboxylic acids is 1. The number of amides is 1. The molecule has 1 unspecified atom stereocenters. The van der Waals surface area contributed by atoms with Crippen LogP contribution in [-0.2, 0) is 10.5 Å². The molecule has 1 amide bonds. The molecule has 3 heterocycles. The maximum absolute atomic E-state index is 12.2. The van der Waals surface area contributed by atoms with E-state index in [2.05, 4.69) is 10.3 Å². The molecule has 1 N–H and O–H groups in total. The van der Waals surface area contributed by atoms with Gasteiger partial charge >= 0.3 is 0 Å². The monoisotopic (exact) mass is 338 g/mol. The van der Waals surface area contributed by atoms with Gasteiger partial charge in [-0.3, -0.25) is 14.0 Å². The largest absolute Gasteiger partial charge is 0.341 e. The second-order valence-corrected chi connectivity index (χ2v) is 7.14. The highest BCUT2D eigenvalue weighted by Crippen LogP contribution is 2.14. The molecule has 118 valence electrons. The van der Waals surface area contributed by atoms with E-state index in [-0.39, 0.29) is 11.5 Å². The van der Waals surface area contributed by atoms with E-state index in [1.807, 2.05) is 17.3 Å². The Hall–Kier alpha value is -1.38. The molecule has 1 aliphatic heterocycles. The lowest BCUT2D eigenvalue weighted by molar-refractivity contribution is -0.128. The molecule has 2 aromatic rings. The Morgan fingerprint density at radius 3 is 3.27 bits per heavy atom. The summed E-state index contributed by atoms with van der Waals surface area (Å²) in [4.78, 5) is 31.0. The molecular weight excluding hydrogens is 320 g/mol. The van der Waals surface area contributed by atoms with Gasteiger partial charge in [0.25, 0.3) is 5.56 Å². The molecule has 0 aromatic carbocycles. The number of nitrogens with one attached hydrogen (secondary N) is 1. The summed E-state index contributed by atoms with van der Waals surface area (Å²) < 4.78 is 1.53. The van der Waals surface area contributed by atoms with Crippen molar-refractivity contribution < 1.29 is 4.79 Å². The highest BCUT2D eigenvalue weighted by Gasteiger charge is 2.22. The first-order valence-electron chi connectivity index (χ1n) is 7.15. The number of hydrogen-bond donors (Lipinski definition) is 1. The zero-order valence-corrected chi connectivity index (χ0v) is 14.0. The second-order valence-electron chi connectivity index (χ2n) is 5.29. The van der Waals surface area contributed by atoms with E-state index in [1.165, 1.54) is 27.5 Å². The van der Waals surface area contributed by atoms with Gasteiger partial charge in [0.2, 0.25) is 5.91 Å². The molecular formula is C14H18N4O2S2. The second kappa shape index (κ2) is 6.80. The van der Waals surface area contributed by atoms with Crippen molar-refractivity contribution in [2.24, 2.45) is 0 Å². The van der Waals surface area contributed by atoms with Gasteiger partial charge in [0.1, 0.15) is 0 Å². The minimum atomic E-state index is -0.0673. The first-order valence-corrected chi connectivity index (χ1v) is 9.18. The van der Waals surface area contributed by atoms with Gasteiger partial charge in [-0.05, 0) is 13.0 Å². The minimum absolute atomic E-state index is 0.0673. The number of carbonyl (C=O) groups is 1. The molecule has 0 saturated carbocycles. The number of likely N-dealkylation sites (N-methyl/N-ethyl adjacent to an activating group) is 1. The van der Waals surface area contributed by atoms with Crippen LogP contribution in [0, 0.1) is 0 Å². The Labute approximate surface area is 136 Å². The van der Waals surface area contributed by atoms with Crippen LogP contribution in [0.5, 0.6) is 0 Å². The van der Waals surface area contributed by atoms with Crippen LogP contribution in [0.15, 0.2) is 22.4 Å². The molecule has 1 fully saturated rings. The molecule has 0 spiro atoms. The number of hydrogen-bond acceptors (Lipinski definition) is 6. The quantitative estimate of drug-likeness (QED) is 0.874. The fourth-order valence-corrected chi connectivity index (χ4v) is 4.06. The van der Waals surface area contributed by atoms with E-state index >= 15 is 0 Å². The average molecular weight is 338 g/mol. The van der Waals surface area contributed by atoms with Gasteiger partial charge in [-0.15, -0.1) is 23.1 Å². The predicted octanol–water partition coefficient (Wildman–Crippen LogP) is 0.809. The maximum Gasteiger partial charge on any atom is 0.258 e. The Morgan fingerprint density at radius 1 is 1.64 bits per heavy atom. The summed E-state index contributed by atoms with van der Waals surface area (Å²) >= 11 is 2.94. The zero-order chi connectivity index (χ0) is 15.5. The van der Waals surface area contributed by atoms with Crippen molar-refractivity contribution in [2.75, 3.05) is 25.9 Å². The molecule has 1 saturated heterocycles. The number of thiazole rings is 1. The van der Waals surface area contributed by atoms with Gasteiger partial charge < -0.3 is 10.2 Å². The molecule has 2 aromatic heterocycles. The van der Waals surface area contributed by atoms with E-state index < -0.39 is 0 Å². The number of fused-ring (bicyclic) bond motifs is 1. The van der Waals surface area contributed by atoms with E-state index in [0.29, 0.717) is 22.5 Å². The number of rotatable bonds is 5. The van der Waals surface area contributed by atoms with E-state index in [0.717, 1.165) is 25.2 Å². The summed E-state index contributed by atoms with van der Waals surface area (Å²) in [6.07, 6.45) is 2.74. The van der Waals surface area contributed by atoms with E-state index in [9.17, 15) is 9.59 Å². The number of thioether (sulfide) groups is 1. The third-order valence-corrected chi connectivity index (χ3v) is 5.51. The van der Waals surface area contributed by atoms with Crippen LogP contribution in [-0.4, -0.2) is 52.1 Å². The minimum Gasteiger partial charge on any atom is -0.341 e. The Kier molecular flexibility index (Phi) is 4.80. The molecule has 6 nitrogen and oxygen atoms in total. The Bertz CT molecular complexity index is 721. The van der Waals surface area contributed by atoms with Crippen LogP contribution in [0.25, 0.3) is 4.96 Å². The van der Waals surface area contributed by atoms with E-state index in [4.69, 9.17) is 0 Å². The van der Waals surface area contributed by atoms with Crippen molar-refractivity contribution in [3.63, 3.8) is 0 Å². The lowest BCUT2D eigenvalue weighted by atomic mass is 10.2. The molecule has 0 bridgehead atoms. The van der Waals surface area contributed by atoms with Crippen molar-refractivity contribution in [1.82, 2.24) is 19.6 Å². The van der Waals surface area contributed by atoms with Gasteiger partial charge in [0, 0.05) is 43.0 Å². The standard InChI is InChI=1S/C14H18N4O2S2/c1-17(11-2-3-15-7-11)13(20)9-21-8-10-6-12(19)18-4-5-22-14(18)16-10/h4-6,11,15H,2-3,7-9H2,1H3. The summed E-state index contributed by atoms with van der Waals surface area (Å²) in [5.74, 6) is 1.12. The highest BCUT2D eigenvalue weighted by molar-refractivity contribution is 7.99. The van der Waals surface area contributed by atoms with Crippen LogP contribution >= 0.6 is 23.1 Å². The molecule has 8 heteroatoms. The van der Waals surface area contributed by atoms with Crippen molar-refractivity contribution in [3.05, 3.63) is 33.7 Å². The molecule has 1 atom stereocenters. The van der Waals surface area contributed by atoms with Gasteiger partial charge in [0.05, 0.1) is 11.4 Å². The van der Waals surface area contributed by atoms with Crippen molar-refractivity contribution in [2.45, 2.75) is 18.2 Å². The van der Waals surface area contributed by atoms with Crippen LogP contribution in [0.1, 0.15) is 12.1 Å². The van der Waals surface area contributed by atoms with Crippen LogP contribution in [0.2, 0.25) is 0 Å². The first kappa shape index (κ1) is 15.5. The van der Waals surface area contributed by atoms with Gasteiger partial charge in [-0.2, -0.15) is 0 Å². The topological polar surface area (TPSA) is 66.7 Å². The molecule has 1 aliphatic rings. The van der Waals surface area contributed by atoms with Crippen LogP contribution in [0.3, 0.4) is 0 Å². The van der Waals surface area contributed by atoms with Gasteiger partial charge in [-0.25, -0.2) is 4.98 Å². The summed E-state index contributed by atoms with van der Waals surface area (Å²) in [5, 5.41) is 5.11. The first-order chi connectivity index (χ1) is 10.6. The fraction of sp³-hybridized carbons (Fsp3) is 0.500. The normalized spacial score (nSPS) is 18.0. The van der Waals surface area contributed by atoms with E-state index in [1.54, 1.807) is 12.3 Å². The maximum atomic E-state index is 12.2. The third-order valence-electron chi connectivity index (χ3n) is 3.81. The molecule has 0 radical (unpaired) electrons. The number of aromatic nitrogens is 2. The average Bonchev–Trinajstić information content (AvgIpc) is 3.17. The SMILES string of the molecule is CN(C(=O)CSCc1cc(=O)n2ccsc2n1)C1CCNC1. The van der Waals surface area contributed by atoms with Crippen LogP contribution in [0.4, 0.5) is 0 Å². The van der Waals surface area contributed by atoms with Crippen molar-refractivity contribution in [3.8, 4) is 0 Å². The lowest BCUT2D eigenvalue weighted by Crippen LogP contribution is -2.39. The smallest absolute Gasteiger partial charge is 0.258 e. The summed E-state index contributed by atoms with van der Waals surface area (Å²) in [7, 11) is 1.86. The summed E-state index contributed by atoms with van der Waals surface area (Å²) in [6, 6.07) is 1.85. The predicted molar refractivity (Wildman–Crippen MR) is 89.5 cm³/mol. The Balaban J connectivity index is 1.55. The third kappa shape index (κ3) is 3.34. The summed E-state index contributed by atoms with van der Waals surface area (Å²) in [5.41, 5.74) is 0.665. The lowest BCUT2D eigenvalue weighted by Gasteiger charge is -2.23. The van der Waals surface area contributed by atoms with Crippen molar-refractivity contribution in [1.29, 1.82) is 0 Å². The van der Waals surface area contributed by atoms with Gasteiger partial charge in [-0.1, -0.05) is 0 Å². The molecule has 3 rings (SSSR count). The van der Waals surface area contributed by atoms with Crippen molar-refractivity contribution >= 4 is 34.0 Å². The number of nitrogens with zero attached hydrogens (tertiary/aromatic N) is 3.